The monoisotopic (exact) mass is 404 g/mol. The maximum absolute atomic E-state index is 12.6. The van der Waals surface area contributed by atoms with Crippen LogP contribution in [0.15, 0.2) is 16.8 Å². The second-order valence-electron chi connectivity index (χ2n) is 7.38. The summed E-state index contributed by atoms with van der Waals surface area (Å²) in [5, 5.41) is 7.26. The Balaban J connectivity index is 1.34. The normalized spacial score (nSPS) is 18.3. The van der Waals surface area contributed by atoms with E-state index in [0.29, 0.717) is 17.2 Å². The van der Waals surface area contributed by atoms with E-state index in [4.69, 9.17) is 0 Å². The number of anilines is 1. The van der Waals surface area contributed by atoms with Crippen LogP contribution < -0.4 is 5.32 Å². The number of aromatic nitrogens is 1. The summed E-state index contributed by atoms with van der Waals surface area (Å²) < 4.78 is 0. The third-order valence-electron chi connectivity index (χ3n) is 5.31. The zero-order valence-corrected chi connectivity index (χ0v) is 17.1. The predicted octanol–water partition coefficient (Wildman–Crippen LogP) is 3.07. The molecule has 0 radical (unpaired) electrons. The SMILES string of the molecule is CC1CCN(C(=O)CN2CCc3nc(NC(=O)c4ccsc4)sc3C2)CC1. The number of amides is 2. The fourth-order valence-electron chi connectivity index (χ4n) is 3.55. The summed E-state index contributed by atoms with van der Waals surface area (Å²) in [4.78, 5) is 34.7. The minimum Gasteiger partial charge on any atom is -0.342 e. The number of hydrogen-bond donors (Lipinski definition) is 1. The molecular formula is C19H24N4O2S2. The van der Waals surface area contributed by atoms with E-state index in [1.54, 1.807) is 0 Å². The third-order valence-corrected chi connectivity index (χ3v) is 6.99. The van der Waals surface area contributed by atoms with Gasteiger partial charge in [0.25, 0.3) is 5.91 Å². The summed E-state index contributed by atoms with van der Waals surface area (Å²) >= 11 is 3.02. The van der Waals surface area contributed by atoms with Crippen LogP contribution in [-0.2, 0) is 17.8 Å². The van der Waals surface area contributed by atoms with E-state index < -0.39 is 0 Å². The first-order valence-electron chi connectivity index (χ1n) is 9.41. The number of piperidine rings is 1. The van der Waals surface area contributed by atoms with Crippen molar-refractivity contribution < 1.29 is 9.59 Å². The van der Waals surface area contributed by atoms with Crippen LogP contribution in [0.2, 0.25) is 0 Å². The number of rotatable bonds is 4. The molecule has 2 aliphatic heterocycles. The van der Waals surface area contributed by atoms with Gasteiger partial charge in [0.1, 0.15) is 0 Å². The number of nitrogens with one attached hydrogen (secondary N) is 1. The van der Waals surface area contributed by atoms with Crippen molar-refractivity contribution in [2.45, 2.75) is 32.7 Å². The molecule has 2 aromatic rings. The fourth-order valence-corrected chi connectivity index (χ4v) is 5.23. The Morgan fingerprint density at radius 3 is 2.85 bits per heavy atom. The number of thiophene rings is 1. The molecule has 0 unspecified atom stereocenters. The van der Waals surface area contributed by atoms with Gasteiger partial charge < -0.3 is 4.90 Å². The van der Waals surface area contributed by atoms with E-state index >= 15 is 0 Å². The van der Waals surface area contributed by atoms with Gasteiger partial charge in [-0.15, -0.1) is 11.3 Å². The lowest BCUT2D eigenvalue weighted by molar-refractivity contribution is -0.133. The van der Waals surface area contributed by atoms with Crippen molar-refractivity contribution in [3.8, 4) is 0 Å². The van der Waals surface area contributed by atoms with Crippen molar-refractivity contribution >= 4 is 39.6 Å². The molecule has 0 saturated carbocycles. The van der Waals surface area contributed by atoms with E-state index in [-0.39, 0.29) is 11.8 Å². The van der Waals surface area contributed by atoms with Gasteiger partial charge in [-0.05, 0) is 30.2 Å². The highest BCUT2D eigenvalue weighted by molar-refractivity contribution is 7.16. The van der Waals surface area contributed by atoms with Crippen LogP contribution in [0.1, 0.15) is 40.7 Å². The minimum atomic E-state index is -0.117. The molecule has 0 aromatic carbocycles. The minimum absolute atomic E-state index is 0.117. The summed E-state index contributed by atoms with van der Waals surface area (Å²) in [7, 11) is 0. The number of fused-ring (bicyclic) bond motifs is 1. The van der Waals surface area contributed by atoms with Gasteiger partial charge in [0.15, 0.2) is 5.13 Å². The van der Waals surface area contributed by atoms with Crippen LogP contribution in [0.5, 0.6) is 0 Å². The molecule has 2 amide bonds. The van der Waals surface area contributed by atoms with Crippen LogP contribution in [0.4, 0.5) is 5.13 Å². The molecule has 8 heteroatoms. The Bertz CT molecular complexity index is 810. The highest BCUT2D eigenvalue weighted by atomic mass is 32.1. The van der Waals surface area contributed by atoms with E-state index in [1.807, 2.05) is 21.7 Å². The average molecular weight is 405 g/mol. The smallest absolute Gasteiger partial charge is 0.258 e. The quantitative estimate of drug-likeness (QED) is 0.851. The number of carbonyl (C=O) groups excluding carboxylic acids is 2. The van der Waals surface area contributed by atoms with Crippen LogP contribution in [0, 0.1) is 5.92 Å². The zero-order valence-electron chi connectivity index (χ0n) is 15.4. The van der Waals surface area contributed by atoms with Crippen LogP contribution in [0.25, 0.3) is 0 Å². The summed E-state index contributed by atoms with van der Waals surface area (Å²) in [5.74, 6) is 0.848. The molecule has 4 rings (SSSR count). The fraction of sp³-hybridized carbons (Fsp3) is 0.526. The van der Waals surface area contributed by atoms with Gasteiger partial charge >= 0.3 is 0 Å². The highest BCUT2D eigenvalue weighted by Crippen LogP contribution is 2.29. The largest absolute Gasteiger partial charge is 0.342 e. The Morgan fingerprint density at radius 1 is 1.30 bits per heavy atom. The summed E-state index contributed by atoms with van der Waals surface area (Å²) in [6, 6.07) is 1.81. The molecule has 1 fully saturated rings. The summed E-state index contributed by atoms with van der Waals surface area (Å²) in [6.45, 7) is 6.08. The van der Waals surface area contributed by atoms with Crippen LogP contribution in [-0.4, -0.2) is 52.8 Å². The van der Waals surface area contributed by atoms with Crippen molar-refractivity contribution in [3.05, 3.63) is 33.0 Å². The maximum Gasteiger partial charge on any atom is 0.258 e. The van der Waals surface area contributed by atoms with E-state index in [9.17, 15) is 9.59 Å². The van der Waals surface area contributed by atoms with Gasteiger partial charge in [-0.2, -0.15) is 11.3 Å². The number of hydrogen-bond acceptors (Lipinski definition) is 6. The average Bonchev–Trinajstić information content (AvgIpc) is 3.31. The van der Waals surface area contributed by atoms with E-state index in [2.05, 4.69) is 22.1 Å². The Kier molecular flexibility index (Phi) is 5.56. The predicted molar refractivity (Wildman–Crippen MR) is 108 cm³/mol. The Morgan fingerprint density at radius 2 is 2.11 bits per heavy atom. The van der Waals surface area contributed by atoms with Crippen LogP contribution in [0.3, 0.4) is 0 Å². The van der Waals surface area contributed by atoms with Gasteiger partial charge in [-0.1, -0.05) is 6.92 Å². The number of thiazole rings is 1. The molecule has 0 spiro atoms. The highest BCUT2D eigenvalue weighted by Gasteiger charge is 2.26. The van der Waals surface area contributed by atoms with E-state index in [1.165, 1.54) is 22.7 Å². The summed E-state index contributed by atoms with van der Waals surface area (Å²) in [6.07, 6.45) is 3.04. The van der Waals surface area contributed by atoms with Gasteiger partial charge in [0, 0.05) is 42.9 Å². The number of nitrogens with zero attached hydrogens (tertiary/aromatic N) is 3. The van der Waals surface area contributed by atoms with E-state index in [0.717, 1.165) is 61.9 Å². The molecule has 0 atom stereocenters. The van der Waals surface area contributed by atoms with Crippen molar-refractivity contribution in [2.75, 3.05) is 31.5 Å². The van der Waals surface area contributed by atoms with Crippen molar-refractivity contribution in [3.63, 3.8) is 0 Å². The molecule has 6 nitrogen and oxygen atoms in total. The van der Waals surface area contributed by atoms with Gasteiger partial charge in [0.05, 0.1) is 17.8 Å². The molecule has 0 aliphatic carbocycles. The lowest BCUT2D eigenvalue weighted by atomic mass is 9.99. The van der Waals surface area contributed by atoms with Crippen molar-refractivity contribution in [1.29, 1.82) is 0 Å². The molecular weight excluding hydrogens is 380 g/mol. The van der Waals surface area contributed by atoms with Crippen molar-refractivity contribution in [1.82, 2.24) is 14.8 Å². The number of likely N-dealkylation sites (tertiary alicyclic amines) is 1. The topological polar surface area (TPSA) is 65.5 Å². The maximum atomic E-state index is 12.6. The second kappa shape index (κ2) is 8.08. The zero-order chi connectivity index (χ0) is 18.8. The van der Waals surface area contributed by atoms with Gasteiger partial charge in [-0.3, -0.25) is 19.8 Å². The lowest BCUT2D eigenvalue weighted by Gasteiger charge is -2.33. The molecule has 2 aliphatic rings. The molecule has 27 heavy (non-hydrogen) atoms. The Hall–Kier alpha value is -1.77. The standard InChI is InChI=1S/C19H24N4O2S2/c1-13-2-7-23(8-3-13)17(24)11-22-6-4-15-16(10-22)27-19(20-15)21-18(25)14-5-9-26-12-14/h5,9,12-13H,2-4,6-8,10-11H2,1H3,(H,20,21,25). The molecule has 2 aromatic heterocycles. The van der Waals surface area contributed by atoms with Gasteiger partial charge in [-0.25, -0.2) is 4.98 Å². The first-order valence-corrected chi connectivity index (χ1v) is 11.2. The lowest BCUT2D eigenvalue weighted by Crippen LogP contribution is -2.44. The second-order valence-corrected chi connectivity index (χ2v) is 9.24. The molecule has 144 valence electrons. The van der Waals surface area contributed by atoms with Crippen molar-refractivity contribution in [2.24, 2.45) is 5.92 Å². The van der Waals surface area contributed by atoms with Crippen LogP contribution >= 0.6 is 22.7 Å². The third kappa shape index (κ3) is 4.39. The Labute approximate surface area is 167 Å². The first-order chi connectivity index (χ1) is 13.1. The summed E-state index contributed by atoms with van der Waals surface area (Å²) in [5.41, 5.74) is 1.72. The first kappa shape index (κ1) is 18.6. The molecule has 1 N–H and O–H groups in total. The molecule has 4 heterocycles. The number of carbonyl (C=O) groups is 2. The molecule has 0 bridgehead atoms. The van der Waals surface area contributed by atoms with Gasteiger partial charge in [0.2, 0.25) is 5.91 Å². The molecule has 1 saturated heterocycles.